The van der Waals surface area contributed by atoms with Crippen molar-refractivity contribution in [1.82, 2.24) is 4.98 Å². The number of ether oxygens (including phenoxy) is 1. The van der Waals surface area contributed by atoms with Crippen LogP contribution in [-0.4, -0.2) is 4.98 Å². The SMILES string of the molecule is Nc1ccnc(COc2c(Cl)cccc2Cl)c1. The largest absolute Gasteiger partial charge is 0.484 e. The lowest BCUT2D eigenvalue weighted by molar-refractivity contribution is 0.302. The molecule has 1 aromatic heterocycles. The highest BCUT2D eigenvalue weighted by atomic mass is 35.5. The Labute approximate surface area is 109 Å². The number of pyridine rings is 1. The number of halogens is 2. The van der Waals surface area contributed by atoms with Crippen LogP contribution in [0.25, 0.3) is 0 Å². The maximum Gasteiger partial charge on any atom is 0.157 e. The van der Waals surface area contributed by atoms with Gasteiger partial charge < -0.3 is 10.5 Å². The standard InChI is InChI=1S/C12H10Cl2N2O/c13-10-2-1-3-11(14)12(10)17-7-9-6-8(15)4-5-16-9/h1-6H,7H2,(H2,15,16). The fourth-order valence-corrected chi connectivity index (χ4v) is 1.85. The second kappa shape index (κ2) is 5.25. The topological polar surface area (TPSA) is 48.1 Å². The molecule has 88 valence electrons. The van der Waals surface area contributed by atoms with E-state index in [1.54, 1.807) is 36.5 Å². The minimum absolute atomic E-state index is 0.272. The summed E-state index contributed by atoms with van der Waals surface area (Å²) in [5, 5.41) is 0.947. The van der Waals surface area contributed by atoms with Crippen molar-refractivity contribution in [2.75, 3.05) is 5.73 Å². The molecule has 1 heterocycles. The minimum Gasteiger partial charge on any atom is -0.484 e. The molecular formula is C12H10Cl2N2O. The average Bonchev–Trinajstić information content (AvgIpc) is 2.28. The summed E-state index contributed by atoms with van der Waals surface area (Å²) in [4.78, 5) is 4.12. The number of nitrogens with two attached hydrogens (primary N) is 1. The summed E-state index contributed by atoms with van der Waals surface area (Å²) in [6, 6.07) is 8.65. The summed E-state index contributed by atoms with van der Waals surface area (Å²) in [6.07, 6.45) is 1.63. The Hall–Kier alpha value is -1.45. The zero-order valence-corrected chi connectivity index (χ0v) is 10.4. The van der Waals surface area contributed by atoms with Crippen LogP contribution in [0, 0.1) is 0 Å². The van der Waals surface area contributed by atoms with E-state index in [-0.39, 0.29) is 6.61 Å². The minimum atomic E-state index is 0.272. The van der Waals surface area contributed by atoms with Gasteiger partial charge in [-0.3, -0.25) is 4.98 Å². The van der Waals surface area contributed by atoms with Gasteiger partial charge in [0.1, 0.15) is 6.61 Å². The maximum atomic E-state index is 5.97. The first kappa shape index (κ1) is 12.0. The van der Waals surface area contributed by atoms with Crippen LogP contribution in [0.15, 0.2) is 36.5 Å². The number of anilines is 1. The zero-order chi connectivity index (χ0) is 12.3. The van der Waals surface area contributed by atoms with Crippen LogP contribution in [0.4, 0.5) is 5.69 Å². The summed E-state index contributed by atoms with van der Waals surface area (Å²) in [5.41, 5.74) is 7.01. The Bertz CT molecular complexity index is 511. The van der Waals surface area contributed by atoms with Crippen LogP contribution in [0.3, 0.4) is 0 Å². The monoisotopic (exact) mass is 268 g/mol. The highest BCUT2D eigenvalue weighted by Crippen LogP contribution is 2.32. The molecule has 5 heteroatoms. The van der Waals surface area contributed by atoms with Gasteiger partial charge in [0.05, 0.1) is 15.7 Å². The molecule has 0 aliphatic carbocycles. The van der Waals surface area contributed by atoms with Crippen molar-refractivity contribution in [3.05, 3.63) is 52.3 Å². The number of benzene rings is 1. The third kappa shape index (κ3) is 3.02. The Morgan fingerprint density at radius 3 is 2.53 bits per heavy atom. The lowest BCUT2D eigenvalue weighted by atomic mass is 10.3. The predicted molar refractivity (Wildman–Crippen MR) is 69.4 cm³/mol. The van der Waals surface area contributed by atoms with Crippen molar-refractivity contribution < 1.29 is 4.74 Å². The molecule has 2 N–H and O–H groups in total. The molecule has 1 aromatic carbocycles. The quantitative estimate of drug-likeness (QED) is 0.926. The van der Waals surface area contributed by atoms with E-state index in [1.807, 2.05) is 0 Å². The number of nitrogen functional groups attached to an aromatic ring is 1. The van der Waals surface area contributed by atoms with E-state index in [0.717, 1.165) is 5.69 Å². The number of aromatic nitrogens is 1. The van der Waals surface area contributed by atoms with E-state index >= 15 is 0 Å². The molecule has 0 bridgehead atoms. The predicted octanol–water partition coefficient (Wildman–Crippen LogP) is 3.55. The number of rotatable bonds is 3. The molecule has 0 aliphatic heterocycles. The van der Waals surface area contributed by atoms with Gasteiger partial charge in [-0.15, -0.1) is 0 Å². The van der Waals surface area contributed by atoms with Crippen LogP contribution in [-0.2, 0) is 6.61 Å². The Balaban J connectivity index is 2.13. The first-order chi connectivity index (χ1) is 8.16. The fourth-order valence-electron chi connectivity index (χ4n) is 1.34. The molecule has 0 atom stereocenters. The van der Waals surface area contributed by atoms with Crippen molar-refractivity contribution >= 4 is 28.9 Å². The Morgan fingerprint density at radius 1 is 1.18 bits per heavy atom. The highest BCUT2D eigenvalue weighted by Gasteiger charge is 2.07. The second-order valence-electron chi connectivity index (χ2n) is 3.42. The third-order valence-electron chi connectivity index (χ3n) is 2.12. The van der Waals surface area contributed by atoms with Gasteiger partial charge in [0, 0.05) is 11.9 Å². The summed E-state index contributed by atoms with van der Waals surface area (Å²) < 4.78 is 5.53. The van der Waals surface area contributed by atoms with Crippen LogP contribution in [0.1, 0.15) is 5.69 Å². The molecule has 2 aromatic rings. The van der Waals surface area contributed by atoms with E-state index in [4.69, 9.17) is 33.7 Å². The van der Waals surface area contributed by atoms with Gasteiger partial charge in [-0.1, -0.05) is 29.3 Å². The van der Waals surface area contributed by atoms with Gasteiger partial charge in [-0.25, -0.2) is 0 Å². The molecule has 0 fully saturated rings. The van der Waals surface area contributed by atoms with E-state index in [9.17, 15) is 0 Å². The molecule has 0 unspecified atom stereocenters. The van der Waals surface area contributed by atoms with Gasteiger partial charge in [-0.2, -0.15) is 0 Å². The average molecular weight is 269 g/mol. The van der Waals surface area contributed by atoms with Crippen LogP contribution in [0.5, 0.6) is 5.75 Å². The zero-order valence-electron chi connectivity index (χ0n) is 8.86. The van der Waals surface area contributed by atoms with Gasteiger partial charge in [-0.05, 0) is 24.3 Å². The Kier molecular flexibility index (Phi) is 3.71. The van der Waals surface area contributed by atoms with Crippen molar-refractivity contribution in [3.63, 3.8) is 0 Å². The fraction of sp³-hybridized carbons (Fsp3) is 0.0833. The van der Waals surface area contributed by atoms with Crippen LogP contribution in [0.2, 0.25) is 10.0 Å². The van der Waals surface area contributed by atoms with Gasteiger partial charge in [0.2, 0.25) is 0 Å². The normalized spacial score (nSPS) is 10.2. The Morgan fingerprint density at radius 2 is 1.88 bits per heavy atom. The molecule has 0 radical (unpaired) electrons. The smallest absolute Gasteiger partial charge is 0.157 e. The number of para-hydroxylation sites is 1. The molecule has 0 saturated heterocycles. The maximum absolute atomic E-state index is 5.97. The van der Waals surface area contributed by atoms with Crippen molar-refractivity contribution in [2.24, 2.45) is 0 Å². The highest BCUT2D eigenvalue weighted by molar-refractivity contribution is 6.37. The van der Waals surface area contributed by atoms with Crippen molar-refractivity contribution in [2.45, 2.75) is 6.61 Å². The molecule has 2 rings (SSSR count). The number of nitrogens with zero attached hydrogens (tertiary/aromatic N) is 1. The molecular weight excluding hydrogens is 259 g/mol. The second-order valence-corrected chi connectivity index (χ2v) is 4.23. The van der Waals surface area contributed by atoms with Gasteiger partial charge in [0.25, 0.3) is 0 Å². The molecule has 0 spiro atoms. The van der Waals surface area contributed by atoms with E-state index in [2.05, 4.69) is 4.98 Å². The summed E-state index contributed by atoms with van der Waals surface area (Å²) in [5.74, 6) is 0.458. The molecule has 17 heavy (non-hydrogen) atoms. The first-order valence-electron chi connectivity index (χ1n) is 4.94. The molecule has 3 nitrogen and oxygen atoms in total. The first-order valence-corrected chi connectivity index (χ1v) is 5.69. The van der Waals surface area contributed by atoms with Gasteiger partial charge in [0.15, 0.2) is 5.75 Å². The van der Waals surface area contributed by atoms with E-state index < -0.39 is 0 Å². The molecule has 0 aliphatic rings. The third-order valence-corrected chi connectivity index (χ3v) is 2.72. The van der Waals surface area contributed by atoms with E-state index in [0.29, 0.717) is 21.5 Å². The summed E-state index contributed by atoms with van der Waals surface area (Å²) in [6.45, 7) is 0.272. The number of hydrogen-bond donors (Lipinski definition) is 1. The van der Waals surface area contributed by atoms with Crippen molar-refractivity contribution in [1.29, 1.82) is 0 Å². The van der Waals surface area contributed by atoms with E-state index in [1.165, 1.54) is 0 Å². The number of hydrogen-bond acceptors (Lipinski definition) is 3. The lowest BCUT2D eigenvalue weighted by Crippen LogP contribution is -2.00. The van der Waals surface area contributed by atoms with Crippen molar-refractivity contribution in [3.8, 4) is 5.75 Å². The lowest BCUT2D eigenvalue weighted by Gasteiger charge is -2.09. The molecule has 0 saturated carbocycles. The van der Waals surface area contributed by atoms with Crippen LogP contribution >= 0.6 is 23.2 Å². The van der Waals surface area contributed by atoms with Crippen LogP contribution < -0.4 is 10.5 Å². The van der Waals surface area contributed by atoms with Gasteiger partial charge >= 0.3 is 0 Å². The summed E-state index contributed by atoms with van der Waals surface area (Å²) >= 11 is 11.9. The summed E-state index contributed by atoms with van der Waals surface area (Å²) in [7, 11) is 0. The molecule has 0 amide bonds.